The van der Waals surface area contributed by atoms with Gasteiger partial charge in [-0.15, -0.1) is 0 Å². The molecule has 2 N–H and O–H groups in total. The number of nitrogens with zero attached hydrogens (tertiary/aromatic N) is 4. The van der Waals surface area contributed by atoms with Crippen LogP contribution >= 0.6 is 12.2 Å². The fourth-order valence-corrected chi connectivity index (χ4v) is 3.19. The maximum absolute atomic E-state index is 12.8. The zero-order valence-electron chi connectivity index (χ0n) is 16.1. The van der Waals surface area contributed by atoms with Gasteiger partial charge in [0.1, 0.15) is 5.82 Å². The van der Waals surface area contributed by atoms with Gasteiger partial charge in [-0.1, -0.05) is 38.0 Å². The quantitative estimate of drug-likeness (QED) is 0.447. The van der Waals surface area contributed by atoms with Crippen LogP contribution in [-0.2, 0) is 20.0 Å². The van der Waals surface area contributed by atoms with Gasteiger partial charge in [-0.05, 0) is 24.7 Å². The van der Waals surface area contributed by atoms with Crippen LogP contribution in [0, 0.1) is 4.77 Å². The molecule has 0 atom stereocenters. The molecule has 1 aromatic carbocycles. The minimum absolute atomic E-state index is 0.162. The Hall–Kier alpha value is -2.81. The predicted molar refractivity (Wildman–Crippen MR) is 110 cm³/mol. The van der Waals surface area contributed by atoms with E-state index >= 15 is 0 Å². The molecule has 0 spiro atoms. The standard InChI is InChI=1S/C19H24N6O2S/c1-3-4-7-12-25-18(27)14-9-6-5-8-13(14)16(23-25)17(26)20-11-10-15-21-22-19(28)24(15)2/h5-6,8-9H,3-4,7,10-12H2,1-2H3,(H,20,26)(H,22,28). The Morgan fingerprint density at radius 3 is 2.68 bits per heavy atom. The summed E-state index contributed by atoms with van der Waals surface area (Å²) >= 11 is 5.09. The summed E-state index contributed by atoms with van der Waals surface area (Å²) in [6, 6.07) is 7.09. The van der Waals surface area contributed by atoms with Crippen LogP contribution in [0.3, 0.4) is 0 Å². The van der Waals surface area contributed by atoms with Crippen molar-refractivity contribution < 1.29 is 4.79 Å². The highest BCUT2D eigenvalue weighted by atomic mass is 32.1. The highest BCUT2D eigenvalue weighted by Crippen LogP contribution is 2.13. The van der Waals surface area contributed by atoms with Crippen molar-refractivity contribution >= 4 is 28.9 Å². The zero-order chi connectivity index (χ0) is 20.1. The van der Waals surface area contributed by atoms with E-state index in [1.807, 2.05) is 7.05 Å². The van der Waals surface area contributed by atoms with Crippen molar-refractivity contribution in [3.63, 3.8) is 0 Å². The number of carbonyl (C=O) groups is 1. The lowest BCUT2D eigenvalue weighted by molar-refractivity contribution is 0.0948. The normalized spacial score (nSPS) is 11.1. The Kier molecular flexibility index (Phi) is 6.35. The summed E-state index contributed by atoms with van der Waals surface area (Å²) in [6.07, 6.45) is 3.44. The van der Waals surface area contributed by atoms with Crippen molar-refractivity contribution in [3.05, 3.63) is 50.9 Å². The Labute approximate surface area is 167 Å². The summed E-state index contributed by atoms with van der Waals surface area (Å²) in [5, 5.41) is 15.2. The van der Waals surface area contributed by atoms with Gasteiger partial charge < -0.3 is 9.88 Å². The van der Waals surface area contributed by atoms with Crippen LogP contribution in [0.2, 0.25) is 0 Å². The van der Waals surface area contributed by atoms with Crippen LogP contribution in [0.5, 0.6) is 0 Å². The number of nitrogens with one attached hydrogen (secondary N) is 2. The molecule has 0 radical (unpaired) electrons. The van der Waals surface area contributed by atoms with Gasteiger partial charge in [0.2, 0.25) is 0 Å². The third kappa shape index (κ3) is 4.19. The van der Waals surface area contributed by atoms with Crippen molar-refractivity contribution in [2.45, 2.75) is 39.2 Å². The van der Waals surface area contributed by atoms with Crippen molar-refractivity contribution in [1.29, 1.82) is 0 Å². The molecule has 0 aliphatic carbocycles. The van der Waals surface area contributed by atoms with Gasteiger partial charge in [-0.25, -0.2) is 4.68 Å². The molecule has 0 unspecified atom stereocenters. The van der Waals surface area contributed by atoms with Crippen LogP contribution < -0.4 is 10.9 Å². The highest BCUT2D eigenvalue weighted by molar-refractivity contribution is 7.71. The number of benzene rings is 1. The second-order valence-electron chi connectivity index (χ2n) is 6.64. The van der Waals surface area contributed by atoms with Gasteiger partial charge in [0, 0.05) is 31.9 Å². The van der Waals surface area contributed by atoms with E-state index in [1.165, 1.54) is 4.68 Å². The SMILES string of the molecule is CCCCCn1nc(C(=O)NCCc2n[nH]c(=S)n2C)c2ccccc2c1=O. The number of aromatic nitrogens is 5. The van der Waals surface area contributed by atoms with Gasteiger partial charge in [0.15, 0.2) is 10.5 Å². The van der Waals surface area contributed by atoms with Crippen molar-refractivity contribution in [2.24, 2.45) is 7.05 Å². The average Bonchev–Trinajstić information content (AvgIpc) is 3.02. The molecule has 0 bridgehead atoms. The predicted octanol–water partition coefficient (Wildman–Crippen LogP) is 2.35. The molecule has 0 fully saturated rings. The van der Waals surface area contributed by atoms with Gasteiger partial charge in [-0.3, -0.25) is 14.7 Å². The Bertz CT molecular complexity index is 1100. The number of unbranched alkanes of at least 4 members (excludes halogenated alkanes) is 2. The lowest BCUT2D eigenvalue weighted by Crippen LogP contribution is -2.32. The van der Waals surface area contributed by atoms with Gasteiger partial charge in [0.05, 0.1) is 5.39 Å². The van der Waals surface area contributed by atoms with Crippen molar-refractivity contribution in [2.75, 3.05) is 6.54 Å². The zero-order valence-corrected chi connectivity index (χ0v) is 16.9. The molecule has 28 heavy (non-hydrogen) atoms. The van der Waals surface area contributed by atoms with E-state index in [9.17, 15) is 9.59 Å². The number of aryl methyl sites for hydroxylation is 1. The number of carbonyl (C=O) groups excluding carboxylic acids is 1. The minimum atomic E-state index is -0.308. The first-order valence-corrected chi connectivity index (χ1v) is 9.82. The molecule has 1 amide bonds. The topological polar surface area (TPSA) is 97.6 Å². The van der Waals surface area contributed by atoms with E-state index < -0.39 is 0 Å². The van der Waals surface area contributed by atoms with E-state index in [0.29, 0.717) is 35.1 Å². The highest BCUT2D eigenvalue weighted by Gasteiger charge is 2.16. The molecule has 3 rings (SSSR count). The molecule has 8 nitrogen and oxygen atoms in total. The van der Waals surface area contributed by atoms with Gasteiger partial charge >= 0.3 is 0 Å². The molecular formula is C19H24N6O2S. The van der Waals surface area contributed by atoms with E-state index in [2.05, 4.69) is 27.5 Å². The minimum Gasteiger partial charge on any atom is -0.350 e. The first kappa shape index (κ1) is 19.9. The fraction of sp³-hybridized carbons (Fsp3) is 0.421. The molecule has 2 heterocycles. The number of amides is 1. The van der Waals surface area contributed by atoms with E-state index in [-0.39, 0.29) is 17.2 Å². The summed E-state index contributed by atoms with van der Waals surface area (Å²) in [5.74, 6) is 0.449. The van der Waals surface area contributed by atoms with E-state index in [1.54, 1.807) is 28.8 Å². The lowest BCUT2D eigenvalue weighted by atomic mass is 10.1. The number of hydrogen-bond acceptors (Lipinski definition) is 5. The number of fused-ring (bicyclic) bond motifs is 1. The van der Waals surface area contributed by atoms with Crippen LogP contribution in [0.1, 0.15) is 42.5 Å². The van der Waals surface area contributed by atoms with E-state index in [0.717, 1.165) is 25.1 Å². The smallest absolute Gasteiger partial charge is 0.274 e. The number of H-pyrrole nitrogens is 1. The summed E-state index contributed by atoms with van der Waals surface area (Å²) in [5.41, 5.74) is 0.104. The summed E-state index contributed by atoms with van der Waals surface area (Å²) in [4.78, 5) is 25.5. The van der Waals surface area contributed by atoms with E-state index in [4.69, 9.17) is 12.2 Å². The number of hydrogen-bond donors (Lipinski definition) is 2. The van der Waals surface area contributed by atoms with Crippen LogP contribution in [0.4, 0.5) is 0 Å². The average molecular weight is 401 g/mol. The van der Waals surface area contributed by atoms with Crippen molar-refractivity contribution in [3.8, 4) is 0 Å². The molecule has 0 aliphatic heterocycles. The Morgan fingerprint density at radius 2 is 2.00 bits per heavy atom. The molecule has 2 aromatic heterocycles. The maximum atomic E-state index is 12.8. The van der Waals surface area contributed by atoms with Crippen LogP contribution in [0.25, 0.3) is 10.8 Å². The van der Waals surface area contributed by atoms with Gasteiger partial charge in [-0.2, -0.15) is 10.2 Å². The Morgan fingerprint density at radius 1 is 1.25 bits per heavy atom. The molecular weight excluding hydrogens is 376 g/mol. The van der Waals surface area contributed by atoms with Gasteiger partial charge in [0.25, 0.3) is 11.5 Å². The van der Waals surface area contributed by atoms with Crippen LogP contribution in [-0.4, -0.2) is 37.0 Å². The maximum Gasteiger partial charge on any atom is 0.274 e. The Balaban J connectivity index is 1.82. The number of aromatic amines is 1. The third-order valence-electron chi connectivity index (χ3n) is 4.66. The van der Waals surface area contributed by atoms with Crippen molar-refractivity contribution in [1.82, 2.24) is 29.9 Å². The first-order valence-electron chi connectivity index (χ1n) is 9.41. The largest absolute Gasteiger partial charge is 0.350 e. The number of rotatable bonds is 8. The summed E-state index contributed by atoms with van der Waals surface area (Å²) in [7, 11) is 1.82. The molecule has 0 aliphatic rings. The second-order valence-corrected chi connectivity index (χ2v) is 7.03. The summed E-state index contributed by atoms with van der Waals surface area (Å²) in [6.45, 7) is 2.99. The monoisotopic (exact) mass is 400 g/mol. The summed E-state index contributed by atoms with van der Waals surface area (Å²) < 4.78 is 3.71. The second kappa shape index (κ2) is 8.92. The fourth-order valence-electron chi connectivity index (χ4n) is 3.04. The van der Waals surface area contributed by atoms with Crippen LogP contribution in [0.15, 0.2) is 29.1 Å². The third-order valence-corrected chi connectivity index (χ3v) is 5.03. The first-order chi connectivity index (χ1) is 13.5. The molecule has 0 saturated carbocycles. The molecule has 9 heteroatoms. The lowest BCUT2D eigenvalue weighted by Gasteiger charge is -2.11. The molecule has 0 saturated heterocycles. The molecule has 3 aromatic rings. The molecule has 148 valence electrons.